The zero-order valence-corrected chi connectivity index (χ0v) is 9.95. The molecule has 19 heavy (non-hydrogen) atoms. The van der Waals surface area contributed by atoms with Gasteiger partial charge in [0.05, 0.1) is 5.52 Å². The summed E-state index contributed by atoms with van der Waals surface area (Å²) in [6, 6.07) is 10.9. The maximum absolute atomic E-state index is 11.9. The first-order chi connectivity index (χ1) is 9.33. The van der Waals surface area contributed by atoms with Crippen LogP contribution in [0.2, 0.25) is 0 Å². The molecule has 0 spiro atoms. The van der Waals surface area contributed by atoms with Crippen LogP contribution in [-0.4, -0.2) is 20.9 Å². The van der Waals surface area contributed by atoms with Gasteiger partial charge in [0.1, 0.15) is 12.0 Å². The van der Waals surface area contributed by atoms with Crippen molar-refractivity contribution in [1.82, 2.24) is 15.0 Å². The Hall–Kier alpha value is -2.82. The minimum absolute atomic E-state index is 0.259. The number of nitrogens with one attached hydrogen (secondary N) is 1. The number of aromatic nitrogens is 3. The molecule has 0 fully saturated rings. The molecule has 1 N–H and O–H groups in total. The van der Waals surface area contributed by atoms with Gasteiger partial charge in [-0.15, -0.1) is 0 Å². The fraction of sp³-hybridized carbons (Fsp3) is 0. The summed E-state index contributed by atoms with van der Waals surface area (Å²) in [5, 5.41) is 3.77. The van der Waals surface area contributed by atoms with E-state index in [2.05, 4.69) is 20.3 Å². The largest absolute Gasteiger partial charge is 0.321 e. The number of fused-ring (bicyclic) bond motifs is 1. The summed E-state index contributed by atoms with van der Waals surface area (Å²) in [7, 11) is 0. The zero-order chi connectivity index (χ0) is 13.1. The molecule has 0 bridgehead atoms. The van der Waals surface area contributed by atoms with Crippen LogP contribution in [0.5, 0.6) is 0 Å². The normalized spacial score (nSPS) is 10.3. The molecule has 0 saturated carbocycles. The van der Waals surface area contributed by atoms with Crippen LogP contribution in [0.1, 0.15) is 10.5 Å². The average molecular weight is 250 g/mol. The van der Waals surface area contributed by atoms with Gasteiger partial charge in [-0.1, -0.05) is 6.07 Å². The highest BCUT2D eigenvalue weighted by Gasteiger charge is 2.07. The molecule has 2 aromatic heterocycles. The van der Waals surface area contributed by atoms with E-state index in [0.29, 0.717) is 11.4 Å². The predicted molar refractivity (Wildman–Crippen MR) is 71.7 cm³/mol. The lowest BCUT2D eigenvalue weighted by Crippen LogP contribution is -2.13. The summed E-state index contributed by atoms with van der Waals surface area (Å²) in [6.45, 7) is 0. The van der Waals surface area contributed by atoms with Gasteiger partial charge >= 0.3 is 0 Å². The Balaban J connectivity index is 1.87. The number of pyridine rings is 1. The van der Waals surface area contributed by atoms with Gasteiger partial charge in [0.2, 0.25) is 0 Å². The van der Waals surface area contributed by atoms with E-state index in [-0.39, 0.29) is 5.91 Å². The Morgan fingerprint density at radius 2 is 2.00 bits per heavy atom. The topological polar surface area (TPSA) is 67.8 Å². The van der Waals surface area contributed by atoms with Crippen molar-refractivity contribution in [1.29, 1.82) is 0 Å². The van der Waals surface area contributed by atoms with Gasteiger partial charge in [0.15, 0.2) is 0 Å². The van der Waals surface area contributed by atoms with E-state index in [9.17, 15) is 4.79 Å². The van der Waals surface area contributed by atoms with Gasteiger partial charge in [-0.05, 0) is 30.3 Å². The van der Waals surface area contributed by atoms with Crippen LogP contribution in [0.3, 0.4) is 0 Å². The minimum atomic E-state index is -0.259. The molecule has 0 aliphatic rings. The van der Waals surface area contributed by atoms with Crippen LogP contribution in [0.25, 0.3) is 10.9 Å². The molecule has 1 aromatic carbocycles. The zero-order valence-electron chi connectivity index (χ0n) is 9.95. The van der Waals surface area contributed by atoms with Crippen molar-refractivity contribution < 1.29 is 4.79 Å². The summed E-state index contributed by atoms with van der Waals surface area (Å²) in [5.41, 5.74) is 1.94. The summed E-state index contributed by atoms with van der Waals surface area (Å²) in [4.78, 5) is 23.8. The highest BCUT2D eigenvalue weighted by Crippen LogP contribution is 2.17. The summed E-state index contributed by atoms with van der Waals surface area (Å²) in [6.07, 6.45) is 4.62. The van der Waals surface area contributed by atoms with Gasteiger partial charge in [-0.2, -0.15) is 0 Å². The third-order valence-electron chi connectivity index (χ3n) is 2.68. The number of carbonyl (C=O) groups excluding carboxylic acids is 1. The van der Waals surface area contributed by atoms with Crippen LogP contribution in [-0.2, 0) is 0 Å². The molecule has 0 aliphatic carbocycles. The molecule has 92 valence electrons. The number of amides is 1. The van der Waals surface area contributed by atoms with Gasteiger partial charge in [-0.25, -0.2) is 9.97 Å². The van der Waals surface area contributed by atoms with Crippen molar-refractivity contribution in [2.75, 3.05) is 5.32 Å². The number of hydrogen-bond acceptors (Lipinski definition) is 4. The Kier molecular flexibility index (Phi) is 2.86. The van der Waals surface area contributed by atoms with Gasteiger partial charge in [-0.3, -0.25) is 9.78 Å². The van der Waals surface area contributed by atoms with Crippen LogP contribution >= 0.6 is 0 Å². The number of hydrogen-bond donors (Lipinski definition) is 1. The van der Waals surface area contributed by atoms with Crippen molar-refractivity contribution in [3.63, 3.8) is 0 Å². The van der Waals surface area contributed by atoms with E-state index in [1.54, 1.807) is 12.3 Å². The standard InChI is InChI=1S/C14H10N4O/c19-14(13-5-7-15-9-17-13)18-11-3-4-12-10(8-11)2-1-6-16-12/h1-9H,(H,18,19). The van der Waals surface area contributed by atoms with E-state index < -0.39 is 0 Å². The Bertz CT molecular complexity index is 728. The fourth-order valence-electron chi connectivity index (χ4n) is 1.77. The molecule has 3 rings (SSSR count). The van der Waals surface area contributed by atoms with E-state index in [1.165, 1.54) is 12.5 Å². The Morgan fingerprint density at radius 1 is 1.05 bits per heavy atom. The van der Waals surface area contributed by atoms with Crippen molar-refractivity contribution in [3.05, 3.63) is 60.8 Å². The molecule has 0 unspecified atom stereocenters. The predicted octanol–water partition coefficient (Wildman–Crippen LogP) is 2.28. The number of rotatable bonds is 2. The third-order valence-corrected chi connectivity index (χ3v) is 2.68. The summed E-state index contributed by atoms with van der Waals surface area (Å²) in [5.74, 6) is -0.259. The maximum atomic E-state index is 11.9. The van der Waals surface area contributed by atoms with E-state index in [4.69, 9.17) is 0 Å². The second-order valence-electron chi connectivity index (χ2n) is 3.96. The number of benzene rings is 1. The van der Waals surface area contributed by atoms with Crippen molar-refractivity contribution in [2.24, 2.45) is 0 Å². The van der Waals surface area contributed by atoms with Gasteiger partial charge < -0.3 is 5.32 Å². The highest BCUT2D eigenvalue weighted by molar-refractivity contribution is 6.03. The van der Waals surface area contributed by atoms with Crippen LogP contribution in [0.15, 0.2) is 55.1 Å². The Morgan fingerprint density at radius 3 is 2.84 bits per heavy atom. The molecular formula is C14H10N4O. The molecular weight excluding hydrogens is 240 g/mol. The van der Waals surface area contributed by atoms with E-state index in [1.807, 2.05) is 30.3 Å². The number of anilines is 1. The molecule has 1 amide bonds. The molecule has 0 aliphatic heterocycles. The quantitative estimate of drug-likeness (QED) is 0.757. The molecule has 0 saturated heterocycles. The van der Waals surface area contributed by atoms with Crippen molar-refractivity contribution >= 4 is 22.5 Å². The smallest absolute Gasteiger partial charge is 0.274 e. The minimum Gasteiger partial charge on any atom is -0.321 e. The molecule has 5 nitrogen and oxygen atoms in total. The Labute approximate surface area is 109 Å². The molecule has 2 heterocycles. The van der Waals surface area contributed by atoms with E-state index >= 15 is 0 Å². The molecule has 5 heteroatoms. The van der Waals surface area contributed by atoms with Crippen LogP contribution in [0, 0.1) is 0 Å². The number of carbonyl (C=O) groups is 1. The van der Waals surface area contributed by atoms with Gasteiger partial charge in [0, 0.05) is 23.5 Å². The lowest BCUT2D eigenvalue weighted by Gasteiger charge is -2.05. The van der Waals surface area contributed by atoms with Crippen molar-refractivity contribution in [2.45, 2.75) is 0 Å². The first-order valence-corrected chi connectivity index (χ1v) is 5.75. The highest BCUT2D eigenvalue weighted by atomic mass is 16.1. The van der Waals surface area contributed by atoms with Crippen LogP contribution < -0.4 is 5.32 Å². The molecule has 0 radical (unpaired) electrons. The molecule has 3 aromatic rings. The second-order valence-corrected chi connectivity index (χ2v) is 3.96. The third kappa shape index (κ3) is 2.40. The average Bonchev–Trinajstić information content (AvgIpc) is 2.48. The lowest BCUT2D eigenvalue weighted by atomic mass is 10.2. The monoisotopic (exact) mass is 250 g/mol. The fourth-order valence-corrected chi connectivity index (χ4v) is 1.77. The first kappa shape index (κ1) is 11.3. The maximum Gasteiger partial charge on any atom is 0.274 e. The first-order valence-electron chi connectivity index (χ1n) is 5.75. The molecule has 0 atom stereocenters. The second kappa shape index (κ2) is 4.81. The van der Waals surface area contributed by atoms with Gasteiger partial charge in [0.25, 0.3) is 5.91 Å². The van der Waals surface area contributed by atoms with Crippen molar-refractivity contribution in [3.8, 4) is 0 Å². The van der Waals surface area contributed by atoms with E-state index in [0.717, 1.165) is 10.9 Å². The lowest BCUT2D eigenvalue weighted by molar-refractivity contribution is 0.102. The summed E-state index contributed by atoms with van der Waals surface area (Å²) < 4.78 is 0. The van der Waals surface area contributed by atoms with Crippen LogP contribution in [0.4, 0.5) is 5.69 Å². The SMILES string of the molecule is O=C(Nc1ccc2ncccc2c1)c1ccncn1. The summed E-state index contributed by atoms with van der Waals surface area (Å²) >= 11 is 0. The number of nitrogens with zero attached hydrogens (tertiary/aromatic N) is 3.